The zero-order chi connectivity index (χ0) is 20.8. The van der Waals surface area contributed by atoms with Crippen LogP contribution in [0.2, 0.25) is 0 Å². The topological polar surface area (TPSA) is 57.2 Å². The van der Waals surface area contributed by atoms with Gasteiger partial charge in [-0.1, -0.05) is 91.0 Å². The lowest BCUT2D eigenvalue weighted by atomic mass is 9.80. The zero-order valence-corrected chi connectivity index (χ0v) is 16.9. The Labute approximate surface area is 176 Å². The molecule has 0 bridgehead atoms. The van der Waals surface area contributed by atoms with Gasteiger partial charge in [-0.3, -0.25) is 0 Å². The van der Waals surface area contributed by atoms with Crippen molar-refractivity contribution >= 4 is 0 Å². The van der Waals surface area contributed by atoms with Crippen LogP contribution in [0.4, 0.5) is 0 Å². The van der Waals surface area contributed by atoms with Crippen molar-refractivity contribution in [3.63, 3.8) is 0 Å². The first-order valence-corrected chi connectivity index (χ1v) is 10.1. The van der Waals surface area contributed by atoms with E-state index in [4.69, 9.17) is 14.4 Å². The molecule has 0 spiro atoms. The van der Waals surface area contributed by atoms with Crippen LogP contribution in [0.15, 0.2) is 91.0 Å². The lowest BCUT2D eigenvalue weighted by Gasteiger charge is -2.36. The standard InChI is InChI=1S/C25H26O5/c1-27-30-24-23(26)17-22(29-24)18-28-25(19-11-5-2-6-12-19,20-13-7-3-8-14-20)21-15-9-4-10-16-21/h2-16,22-24,26H,17-18H2,1H3/t22-,23+,24+/m0/s1. The van der Waals surface area contributed by atoms with Crippen molar-refractivity contribution in [2.45, 2.75) is 30.5 Å². The maximum Gasteiger partial charge on any atom is 0.217 e. The van der Waals surface area contributed by atoms with Gasteiger partial charge in [0, 0.05) is 6.42 Å². The van der Waals surface area contributed by atoms with E-state index in [2.05, 4.69) is 41.3 Å². The second kappa shape index (κ2) is 9.51. The van der Waals surface area contributed by atoms with Gasteiger partial charge in [0.05, 0.1) is 19.8 Å². The minimum absolute atomic E-state index is 0.277. The van der Waals surface area contributed by atoms with Crippen molar-refractivity contribution in [1.82, 2.24) is 0 Å². The predicted molar refractivity (Wildman–Crippen MR) is 113 cm³/mol. The first-order chi connectivity index (χ1) is 14.7. The molecule has 3 atom stereocenters. The Morgan fingerprint density at radius 1 is 0.833 bits per heavy atom. The van der Waals surface area contributed by atoms with Gasteiger partial charge in [0.1, 0.15) is 11.7 Å². The summed E-state index contributed by atoms with van der Waals surface area (Å²) in [7, 11) is 1.39. The fourth-order valence-electron chi connectivity index (χ4n) is 3.99. The molecular formula is C25H26O5. The van der Waals surface area contributed by atoms with Gasteiger partial charge >= 0.3 is 0 Å². The molecule has 5 nitrogen and oxygen atoms in total. The molecule has 0 radical (unpaired) electrons. The molecule has 0 saturated carbocycles. The molecule has 1 aliphatic rings. The molecule has 1 heterocycles. The van der Waals surface area contributed by atoms with E-state index in [1.165, 1.54) is 7.11 Å². The summed E-state index contributed by atoms with van der Waals surface area (Å²) in [5.74, 6) is 0. The summed E-state index contributed by atoms with van der Waals surface area (Å²) in [6, 6.07) is 30.5. The van der Waals surface area contributed by atoms with Gasteiger partial charge in [-0.15, -0.1) is 0 Å². The van der Waals surface area contributed by atoms with E-state index < -0.39 is 18.0 Å². The number of hydrogen-bond acceptors (Lipinski definition) is 5. The molecule has 3 aromatic carbocycles. The normalized spacial score (nSPS) is 21.6. The largest absolute Gasteiger partial charge is 0.388 e. The highest BCUT2D eigenvalue weighted by atomic mass is 17.2. The predicted octanol–water partition coefficient (Wildman–Crippen LogP) is 4.05. The molecule has 3 aromatic rings. The first kappa shape index (κ1) is 20.7. The van der Waals surface area contributed by atoms with E-state index in [-0.39, 0.29) is 12.7 Å². The smallest absolute Gasteiger partial charge is 0.217 e. The molecule has 1 fully saturated rings. The number of aliphatic hydroxyl groups is 1. The van der Waals surface area contributed by atoms with Crippen LogP contribution in [0.3, 0.4) is 0 Å². The molecule has 1 N–H and O–H groups in total. The van der Waals surface area contributed by atoms with Crippen molar-refractivity contribution in [3.05, 3.63) is 108 Å². The molecule has 0 aromatic heterocycles. The van der Waals surface area contributed by atoms with Gasteiger partial charge in [-0.05, 0) is 16.7 Å². The van der Waals surface area contributed by atoms with Crippen molar-refractivity contribution in [2.75, 3.05) is 13.7 Å². The average molecular weight is 406 g/mol. The molecule has 1 aliphatic heterocycles. The Balaban J connectivity index is 1.72. The van der Waals surface area contributed by atoms with Crippen LogP contribution in [-0.2, 0) is 24.8 Å². The van der Waals surface area contributed by atoms with E-state index in [1.54, 1.807) is 0 Å². The molecule has 30 heavy (non-hydrogen) atoms. The molecule has 0 aliphatic carbocycles. The van der Waals surface area contributed by atoms with Crippen molar-refractivity contribution < 1.29 is 24.4 Å². The third kappa shape index (κ3) is 4.17. The summed E-state index contributed by atoms with van der Waals surface area (Å²) < 4.78 is 12.5. The summed E-state index contributed by atoms with van der Waals surface area (Å²) in [5, 5.41) is 10.2. The Kier molecular flexibility index (Phi) is 6.57. The van der Waals surface area contributed by atoms with Crippen LogP contribution in [0.5, 0.6) is 0 Å². The van der Waals surface area contributed by atoms with E-state index >= 15 is 0 Å². The lowest BCUT2D eigenvalue weighted by Crippen LogP contribution is -2.35. The fraction of sp³-hybridized carbons (Fsp3) is 0.280. The Hall–Kier alpha value is -2.54. The number of benzene rings is 3. The Morgan fingerprint density at radius 3 is 1.73 bits per heavy atom. The van der Waals surface area contributed by atoms with E-state index in [1.807, 2.05) is 54.6 Å². The summed E-state index contributed by atoms with van der Waals surface area (Å²) in [5.41, 5.74) is 2.24. The lowest BCUT2D eigenvalue weighted by molar-refractivity contribution is -0.372. The second-order valence-electron chi connectivity index (χ2n) is 7.28. The molecule has 0 amide bonds. The zero-order valence-electron chi connectivity index (χ0n) is 16.9. The SMILES string of the molecule is COO[C@H]1O[C@H](COC(c2ccccc2)(c2ccccc2)c2ccccc2)C[C@H]1O. The van der Waals surface area contributed by atoms with Crippen molar-refractivity contribution in [2.24, 2.45) is 0 Å². The quantitative estimate of drug-likeness (QED) is 0.347. The minimum Gasteiger partial charge on any atom is -0.388 e. The summed E-state index contributed by atoms with van der Waals surface area (Å²) in [6.07, 6.45) is -1.50. The monoisotopic (exact) mass is 406 g/mol. The third-order valence-corrected chi connectivity index (χ3v) is 5.36. The molecule has 156 valence electrons. The van der Waals surface area contributed by atoms with Crippen LogP contribution < -0.4 is 0 Å². The number of aliphatic hydroxyl groups excluding tert-OH is 1. The Morgan fingerprint density at radius 2 is 1.30 bits per heavy atom. The molecule has 1 saturated heterocycles. The molecule has 5 heteroatoms. The summed E-state index contributed by atoms with van der Waals surface area (Å²) in [6.45, 7) is 0.277. The van der Waals surface area contributed by atoms with Crippen LogP contribution >= 0.6 is 0 Å². The van der Waals surface area contributed by atoms with Gasteiger partial charge in [0.25, 0.3) is 0 Å². The van der Waals surface area contributed by atoms with Gasteiger partial charge < -0.3 is 14.6 Å². The fourth-order valence-corrected chi connectivity index (χ4v) is 3.99. The van der Waals surface area contributed by atoms with Gasteiger partial charge in [-0.2, -0.15) is 0 Å². The van der Waals surface area contributed by atoms with Crippen LogP contribution in [-0.4, -0.2) is 37.3 Å². The van der Waals surface area contributed by atoms with Crippen molar-refractivity contribution in [3.8, 4) is 0 Å². The molecule has 0 unspecified atom stereocenters. The number of ether oxygens (including phenoxy) is 2. The highest BCUT2D eigenvalue weighted by molar-refractivity contribution is 5.47. The van der Waals surface area contributed by atoms with Gasteiger partial charge in [0.15, 0.2) is 0 Å². The molecular weight excluding hydrogens is 380 g/mol. The third-order valence-electron chi connectivity index (χ3n) is 5.36. The summed E-state index contributed by atoms with van der Waals surface area (Å²) in [4.78, 5) is 9.68. The van der Waals surface area contributed by atoms with E-state index in [0.29, 0.717) is 6.42 Å². The first-order valence-electron chi connectivity index (χ1n) is 10.1. The Bertz CT molecular complexity index is 804. The average Bonchev–Trinajstić information content (AvgIpc) is 3.16. The number of rotatable bonds is 8. The van der Waals surface area contributed by atoms with Crippen molar-refractivity contribution in [1.29, 1.82) is 0 Å². The van der Waals surface area contributed by atoms with Gasteiger partial charge in [0.2, 0.25) is 6.29 Å². The highest BCUT2D eigenvalue weighted by Gasteiger charge is 2.41. The van der Waals surface area contributed by atoms with E-state index in [9.17, 15) is 5.11 Å². The van der Waals surface area contributed by atoms with E-state index in [0.717, 1.165) is 16.7 Å². The van der Waals surface area contributed by atoms with Crippen LogP contribution in [0.25, 0.3) is 0 Å². The van der Waals surface area contributed by atoms with Gasteiger partial charge in [-0.25, -0.2) is 9.78 Å². The maximum atomic E-state index is 10.2. The van der Waals surface area contributed by atoms with Crippen LogP contribution in [0.1, 0.15) is 23.1 Å². The second-order valence-corrected chi connectivity index (χ2v) is 7.28. The molecule has 4 rings (SSSR count). The summed E-state index contributed by atoms with van der Waals surface area (Å²) >= 11 is 0. The highest BCUT2D eigenvalue weighted by Crippen LogP contribution is 2.41. The van der Waals surface area contributed by atoms with Crippen LogP contribution in [0, 0.1) is 0 Å². The minimum atomic E-state index is -0.821. The maximum absolute atomic E-state index is 10.2. The number of hydrogen-bond donors (Lipinski definition) is 1.